The van der Waals surface area contributed by atoms with Gasteiger partial charge in [-0.2, -0.15) is 0 Å². The molecule has 0 saturated carbocycles. The zero-order chi connectivity index (χ0) is 17.9. The summed E-state index contributed by atoms with van der Waals surface area (Å²) in [6.07, 6.45) is 0. The number of nitrogens with zero attached hydrogens (tertiary/aromatic N) is 2. The molecule has 0 amide bonds. The molecule has 130 valence electrons. The molecular weight excluding hydrogens is 383 g/mol. The summed E-state index contributed by atoms with van der Waals surface area (Å²) in [5.41, 5.74) is 1.05. The summed E-state index contributed by atoms with van der Waals surface area (Å²) in [5, 5.41) is 8.96. The Morgan fingerprint density at radius 1 is 1.29 bits per heavy atom. The van der Waals surface area contributed by atoms with Gasteiger partial charge in [-0.15, -0.1) is 0 Å². The van der Waals surface area contributed by atoms with Crippen LogP contribution in [0.25, 0.3) is 0 Å². The highest BCUT2D eigenvalue weighted by Crippen LogP contribution is 2.36. The molecule has 0 radical (unpaired) electrons. The number of imidazole rings is 1. The molecule has 1 aromatic carbocycles. The van der Waals surface area contributed by atoms with Crippen molar-refractivity contribution in [1.29, 1.82) is 0 Å². The number of halogens is 2. The first-order chi connectivity index (χ1) is 11.3. The molecule has 0 aliphatic carbocycles. The summed E-state index contributed by atoms with van der Waals surface area (Å²) >= 11 is 19.0. The standard InChI is InChI=1S/C16H20Cl2N4S2/c1-9(2)14-15(24-12-6-10(17)5-11(18)7-12)22(4)13(21-14)8-20-16(23)19-3/h5-7,9H,8H2,1-4H3,(H2,19,20,23). The van der Waals surface area contributed by atoms with Gasteiger partial charge in [-0.05, 0) is 36.3 Å². The average molecular weight is 403 g/mol. The van der Waals surface area contributed by atoms with E-state index >= 15 is 0 Å². The third-order valence-electron chi connectivity index (χ3n) is 3.39. The number of rotatable bonds is 5. The first-order valence-corrected chi connectivity index (χ1v) is 9.45. The number of thiocarbonyl (C=S) groups is 1. The Labute approximate surface area is 162 Å². The lowest BCUT2D eigenvalue weighted by atomic mass is 10.2. The Kier molecular flexibility index (Phi) is 6.80. The molecule has 4 nitrogen and oxygen atoms in total. The second-order valence-corrected chi connectivity index (χ2v) is 7.92. The molecule has 0 aliphatic rings. The molecule has 2 rings (SSSR count). The molecule has 1 heterocycles. The normalized spacial score (nSPS) is 11.0. The minimum Gasteiger partial charge on any atom is -0.366 e. The van der Waals surface area contributed by atoms with E-state index in [0.717, 1.165) is 21.4 Å². The molecule has 1 aromatic heterocycles. The summed E-state index contributed by atoms with van der Waals surface area (Å²) in [5.74, 6) is 1.23. The number of benzene rings is 1. The van der Waals surface area contributed by atoms with Gasteiger partial charge in [0, 0.05) is 29.0 Å². The fraction of sp³-hybridized carbons (Fsp3) is 0.375. The Morgan fingerprint density at radius 3 is 2.46 bits per heavy atom. The molecule has 2 N–H and O–H groups in total. The third kappa shape index (κ3) is 4.79. The Balaban J connectivity index is 2.33. The smallest absolute Gasteiger partial charge is 0.166 e. The predicted octanol–water partition coefficient (Wildman–Crippen LogP) is 4.60. The highest BCUT2D eigenvalue weighted by atomic mass is 35.5. The van der Waals surface area contributed by atoms with Crippen molar-refractivity contribution in [2.75, 3.05) is 7.05 Å². The minimum atomic E-state index is 0.304. The van der Waals surface area contributed by atoms with E-state index in [1.54, 1.807) is 24.9 Å². The predicted molar refractivity (Wildman–Crippen MR) is 106 cm³/mol. The molecule has 0 fully saturated rings. The second kappa shape index (κ2) is 8.43. The van der Waals surface area contributed by atoms with E-state index in [2.05, 4.69) is 29.0 Å². The van der Waals surface area contributed by atoms with Gasteiger partial charge < -0.3 is 15.2 Å². The van der Waals surface area contributed by atoms with Crippen LogP contribution in [0.15, 0.2) is 28.1 Å². The number of hydrogen-bond donors (Lipinski definition) is 2. The molecule has 8 heteroatoms. The molecule has 0 aliphatic heterocycles. The van der Waals surface area contributed by atoms with Crippen molar-refractivity contribution >= 4 is 52.3 Å². The van der Waals surface area contributed by atoms with Gasteiger partial charge >= 0.3 is 0 Å². The maximum atomic E-state index is 6.11. The zero-order valence-electron chi connectivity index (χ0n) is 14.0. The van der Waals surface area contributed by atoms with Crippen LogP contribution in [0.4, 0.5) is 0 Å². The summed E-state index contributed by atoms with van der Waals surface area (Å²) in [6, 6.07) is 5.54. The van der Waals surface area contributed by atoms with E-state index in [0.29, 0.717) is 27.6 Å². The van der Waals surface area contributed by atoms with Crippen LogP contribution in [-0.4, -0.2) is 21.7 Å². The average Bonchev–Trinajstić information content (AvgIpc) is 2.81. The van der Waals surface area contributed by atoms with Crippen molar-refractivity contribution < 1.29 is 0 Å². The van der Waals surface area contributed by atoms with Crippen molar-refractivity contribution in [2.45, 2.75) is 36.2 Å². The van der Waals surface area contributed by atoms with Gasteiger partial charge in [0.1, 0.15) is 10.9 Å². The number of aromatic nitrogens is 2. The molecule has 0 atom stereocenters. The van der Waals surface area contributed by atoms with E-state index in [1.165, 1.54) is 0 Å². The van der Waals surface area contributed by atoms with Crippen LogP contribution < -0.4 is 10.6 Å². The van der Waals surface area contributed by atoms with E-state index in [9.17, 15) is 0 Å². The lowest BCUT2D eigenvalue weighted by Crippen LogP contribution is -2.32. The van der Waals surface area contributed by atoms with Gasteiger partial charge in [0.05, 0.1) is 12.2 Å². The SMILES string of the molecule is CNC(=S)NCc1nc(C(C)C)c(Sc2cc(Cl)cc(Cl)c2)n1C. The van der Waals surface area contributed by atoms with Gasteiger partial charge in [-0.3, -0.25) is 0 Å². The highest BCUT2D eigenvalue weighted by molar-refractivity contribution is 7.99. The van der Waals surface area contributed by atoms with Crippen LogP contribution in [0.1, 0.15) is 31.3 Å². The zero-order valence-corrected chi connectivity index (χ0v) is 17.1. The van der Waals surface area contributed by atoms with Crippen molar-refractivity contribution in [2.24, 2.45) is 7.05 Å². The van der Waals surface area contributed by atoms with Gasteiger partial charge in [0.2, 0.25) is 0 Å². The Hall–Kier alpha value is -0.950. The fourth-order valence-electron chi connectivity index (χ4n) is 2.15. The first kappa shape index (κ1) is 19.4. The second-order valence-electron chi connectivity index (χ2n) is 5.57. The molecule has 0 saturated heterocycles. The summed E-state index contributed by atoms with van der Waals surface area (Å²) in [6.45, 7) is 4.83. The van der Waals surface area contributed by atoms with Crippen LogP contribution in [0.5, 0.6) is 0 Å². The molecule has 0 bridgehead atoms. The summed E-state index contributed by atoms with van der Waals surface area (Å²) < 4.78 is 2.08. The van der Waals surface area contributed by atoms with Gasteiger partial charge in [-0.25, -0.2) is 4.98 Å². The van der Waals surface area contributed by atoms with Crippen molar-refractivity contribution in [3.63, 3.8) is 0 Å². The molecule has 24 heavy (non-hydrogen) atoms. The van der Waals surface area contributed by atoms with E-state index in [4.69, 9.17) is 40.4 Å². The van der Waals surface area contributed by atoms with Gasteiger partial charge in [0.15, 0.2) is 5.11 Å². The number of hydrogen-bond acceptors (Lipinski definition) is 3. The summed E-state index contributed by atoms with van der Waals surface area (Å²) in [7, 11) is 3.80. The monoisotopic (exact) mass is 402 g/mol. The van der Waals surface area contributed by atoms with Crippen LogP contribution in [0.3, 0.4) is 0 Å². The lowest BCUT2D eigenvalue weighted by Gasteiger charge is -2.10. The van der Waals surface area contributed by atoms with Crippen LogP contribution in [0, 0.1) is 0 Å². The quantitative estimate of drug-likeness (QED) is 0.715. The van der Waals surface area contributed by atoms with Gasteiger partial charge in [-0.1, -0.05) is 48.8 Å². The molecular formula is C16H20Cl2N4S2. The lowest BCUT2D eigenvalue weighted by molar-refractivity contribution is 0.707. The Bertz CT molecular complexity index is 724. The van der Waals surface area contributed by atoms with Crippen molar-refractivity contribution in [1.82, 2.24) is 20.2 Å². The third-order valence-corrected chi connectivity index (χ3v) is 5.32. The van der Waals surface area contributed by atoms with Crippen LogP contribution >= 0.6 is 47.2 Å². The number of nitrogens with one attached hydrogen (secondary N) is 2. The van der Waals surface area contributed by atoms with Crippen molar-refractivity contribution in [3.05, 3.63) is 39.8 Å². The minimum absolute atomic E-state index is 0.304. The molecule has 0 spiro atoms. The molecule has 0 unspecified atom stereocenters. The first-order valence-electron chi connectivity index (χ1n) is 7.46. The maximum absolute atomic E-state index is 6.11. The van der Waals surface area contributed by atoms with Crippen LogP contribution in [-0.2, 0) is 13.6 Å². The van der Waals surface area contributed by atoms with E-state index in [-0.39, 0.29) is 0 Å². The van der Waals surface area contributed by atoms with E-state index in [1.807, 2.05) is 19.2 Å². The van der Waals surface area contributed by atoms with Crippen LogP contribution in [0.2, 0.25) is 10.0 Å². The topological polar surface area (TPSA) is 41.9 Å². The fourth-order valence-corrected chi connectivity index (χ4v) is 4.10. The summed E-state index contributed by atoms with van der Waals surface area (Å²) in [4.78, 5) is 5.77. The Morgan fingerprint density at radius 2 is 1.92 bits per heavy atom. The molecule has 2 aromatic rings. The van der Waals surface area contributed by atoms with Crippen molar-refractivity contribution in [3.8, 4) is 0 Å². The largest absolute Gasteiger partial charge is 0.366 e. The maximum Gasteiger partial charge on any atom is 0.166 e. The highest BCUT2D eigenvalue weighted by Gasteiger charge is 2.18. The van der Waals surface area contributed by atoms with Gasteiger partial charge in [0.25, 0.3) is 0 Å². The van der Waals surface area contributed by atoms with E-state index < -0.39 is 0 Å².